The lowest BCUT2D eigenvalue weighted by Crippen LogP contribution is -2.24. The summed E-state index contributed by atoms with van der Waals surface area (Å²) >= 11 is 0. The summed E-state index contributed by atoms with van der Waals surface area (Å²) in [6, 6.07) is 13.5. The number of furan rings is 1. The molecule has 1 aromatic heterocycles. The van der Waals surface area contributed by atoms with Crippen molar-refractivity contribution in [2.45, 2.75) is 20.0 Å². The van der Waals surface area contributed by atoms with Crippen molar-refractivity contribution in [2.75, 3.05) is 6.61 Å². The maximum Gasteiger partial charge on any atom is 0.416 e. The number of halogens is 3. The number of alkyl halides is 3. The van der Waals surface area contributed by atoms with E-state index >= 15 is 0 Å². The smallest absolute Gasteiger partial charge is 0.416 e. The summed E-state index contributed by atoms with van der Waals surface area (Å²) in [7, 11) is 0. The summed E-state index contributed by atoms with van der Waals surface area (Å²) in [4.78, 5) is 11.9. The minimum absolute atomic E-state index is 0.213. The van der Waals surface area contributed by atoms with Crippen molar-refractivity contribution in [1.82, 2.24) is 5.43 Å². The Morgan fingerprint density at radius 1 is 1.13 bits per heavy atom. The molecule has 1 heterocycles. The number of carbonyl (C=O) groups excluding carboxylic acids is 1. The van der Waals surface area contributed by atoms with E-state index in [1.165, 1.54) is 30.5 Å². The van der Waals surface area contributed by atoms with Crippen molar-refractivity contribution in [3.63, 3.8) is 0 Å². The molecule has 1 N–H and O–H groups in total. The Labute approximate surface area is 171 Å². The van der Waals surface area contributed by atoms with Crippen LogP contribution in [-0.2, 0) is 11.0 Å². The first-order chi connectivity index (χ1) is 14.2. The molecule has 0 fully saturated rings. The molecule has 0 saturated carbocycles. The number of carbonyl (C=O) groups is 1. The SMILES string of the molecule is Cc1cccc(OCC(=O)N/N=C\c2ccc(-c3cccc(C(F)(F)F)c3)o2)c1C. The van der Waals surface area contributed by atoms with Gasteiger partial charge in [0.2, 0.25) is 0 Å². The molecule has 0 radical (unpaired) electrons. The Morgan fingerprint density at radius 2 is 1.90 bits per heavy atom. The second-order valence-electron chi connectivity index (χ2n) is 6.56. The number of nitrogens with one attached hydrogen (secondary N) is 1. The van der Waals surface area contributed by atoms with Gasteiger partial charge in [0.1, 0.15) is 17.3 Å². The second-order valence-corrected chi connectivity index (χ2v) is 6.56. The van der Waals surface area contributed by atoms with Crippen molar-refractivity contribution in [1.29, 1.82) is 0 Å². The third kappa shape index (κ3) is 5.28. The molecule has 2 aromatic carbocycles. The Kier molecular flexibility index (Phi) is 6.25. The third-order valence-corrected chi connectivity index (χ3v) is 4.40. The van der Waals surface area contributed by atoms with Crippen LogP contribution in [0.15, 0.2) is 64.1 Å². The maximum absolute atomic E-state index is 12.8. The molecule has 0 saturated heterocycles. The van der Waals surface area contributed by atoms with E-state index in [0.717, 1.165) is 23.3 Å². The number of ether oxygens (including phenoxy) is 1. The highest BCUT2D eigenvalue weighted by Gasteiger charge is 2.30. The Hall–Kier alpha value is -3.55. The molecular formula is C22H19F3N2O3. The van der Waals surface area contributed by atoms with Crippen molar-refractivity contribution in [2.24, 2.45) is 5.10 Å². The lowest BCUT2D eigenvalue weighted by atomic mass is 10.1. The Balaban J connectivity index is 1.57. The summed E-state index contributed by atoms with van der Waals surface area (Å²) in [5.74, 6) is 0.688. The topological polar surface area (TPSA) is 63.8 Å². The third-order valence-electron chi connectivity index (χ3n) is 4.40. The van der Waals surface area contributed by atoms with Crippen molar-refractivity contribution in [3.8, 4) is 17.1 Å². The predicted molar refractivity (Wildman–Crippen MR) is 106 cm³/mol. The van der Waals surface area contributed by atoms with E-state index < -0.39 is 17.6 Å². The monoisotopic (exact) mass is 416 g/mol. The van der Waals surface area contributed by atoms with E-state index in [0.29, 0.717) is 5.75 Å². The van der Waals surface area contributed by atoms with E-state index in [1.54, 1.807) is 6.07 Å². The molecule has 0 aliphatic carbocycles. The van der Waals surface area contributed by atoms with Crippen molar-refractivity contribution in [3.05, 3.63) is 77.0 Å². The van der Waals surface area contributed by atoms with E-state index in [2.05, 4.69) is 10.5 Å². The van der Waals surface area contributed by atoms with E-state index in [4.69, 9.17) is 9.15 Å². The number of hydrogen-bond acceptors (Lipinski definition) is 4. The summed E-state index contributed by atoms with van der Waals surface area (Å²) in [6.07, 6.45) is -3.18. The first-order valence-electron chi connectivity index (χ1n) is 9.02. The van der Waals surface area contributed by atoms with Gasteiger partial charge in [-0.3, -0.25) is 4.79 Å². The highest BCUT2D eigenvalue weighted by molar-refractivity contribution is 5.81. The molecule has 30 heavy (non-hydrogen) atoms. The van der Waals surface area contributed by atoms with Gasteiger partial charge in [-0.2, -0.15) is 18.3 Å². The molecule has 0 bridgehead atoms. The lowest BCUT2D eigenvalue weighted by molar-refractivity contribution is -0.137. The Morgan fingerprint density at radius 3 is 2.67 bits per heavy atom. The van der Waals surface area contributed by atoms with E-state index in [-0.39, 0.29) is 23.7 Å². The van der Waals surface area contributed by atoms with Crippen molar-refractivity contribution >= 4 is 12.1 Å². The zero-order chi connectivity index (χ0) is 21.7. The van der Waals surface area contributed by atoms with Crippen LogP contribution in [0.3, 0.4) is 0 Å². The molecule has 1 amide bonds. The standard InChI is InChI=1S/C22H19F3N2O3/c1-14-5-3-8-19(15(14)2)29-13-21(28)27-26-12-18-9-10-20(30-18)16-6-4-7-17(11-16)22(23,24)25/h3-12H,13H2,1-2H3,(H,27,28)/b26-12-. The molecular weight excluding hydrogens is 397 g/mol. The summed E-state index contributed by atoms with van der Waals surface area (Å²) < 4.78 is 49.5. The van der Waals surface area contributed by atoms with E-state index in [9.17, 15) is 18.0 Å². The number of hydrogen-bond donors (Lipinski definition) is 1. The number of hydrazone groups is 1. The zero-order valence-corrected chi connectivity index (χ0v) is 16.3. The van der Waals surface area contributed by atoms with Crippen LogP contribution < -0.4 is 10.2 Å². The second kappa shape index (κ2) is 8.86. The fourth-order valence-corrected chi connectivity index (χ4v) is 2.65. The minimum atomic E-state index is -4.43. The highest BCUT2D eigenvalue weighted by atomic mass is 19.4. The first-order valence-corrected chi connectivity index (χ1v) is 9.02. The van der Waals surface area contributed by atoms with Crippen LogP contribution in [0.1, 0.15) is 22.5 Å². The fourth-order valence-electron chi connectivity index (χ4n) is 2.65. The molecule has 156 valence electrons. The summed E-state index contributed by atoms with van der Waals surface area (Å²) in [6.45, 7) is 3.64. The Bertz CT molecular complexity index is 1070. The van der Waals surface area contributed by atoms with Gasteiger partial charge in [-0.15, -0.1) is 0 Å². The van der Waals surface area contributed by atoms with Crippen LogP contribution in [0.25, 0.3) is 11.3 Å². The predicted octanol–water partition coefficient (Wildman–Crippen LogP) is 5.11. The lowest BCUT2D eigenvalue weighted by Gasteiger charge is -2.09. The fraction of sp³-hybridized carbons (Fsp3) is 0.182. The van der Waals surface area contributed by atoms with Gasteiger partial charge in [-0.1, -0.05) is 24.3 Å². The molecule has 3 rings (SSSR count). The van der Waals surface area contributed by atoms with Gasteiger partial charge in [0.05, 0.1) is 11.8 Å². The van der Waals surface area contributed by atoms with Gasteiger partial charge in [0, 0.05) is 5.56 Å². The van der Waals surface area contributed by atoms with Crippen LogP contribution in [0.2, 0.25) is 0 Å². The molecule has 0 unspecified atom stereocenters. The number of aryl methyl sites for hydroxylation is 1. The van der Waals surface area contributed by atoms with Crippen LogP contribution in [0, 0.1) is 13.8 Å². The van der Waals surface area contributed by atoms with Crippen molar-refractivity contribution < 1.29 is 27.1 Å². The largest absolute Gasteiger partial charge is 0.483 e. The molecule has 0 atom stereocenters. The summed E-state index contributed by atoms with van der Waals surface area (Å²) in [5, 5.41) is 3.78. The molecule has 5 nitrogen and oxygen atoms in total. The average molecular weight is 416 g/mol. The number of amides is 1. The van der Waals surface area contributed by atoms with Crippen LogP contribution in [0.4, 0.5) is 13.2 Å². The molecule has 0 aliphatic heterocycles. The number of nitrogens with zero attached hydrogens (tertiary/aromatic N) is 1. The average Bonchev–Trinajstić information content (AvgIpc) is 3.17. The van der Waals surface area contributed by atoms with Gasteiger partial charge in [-0.05, 0) is 55.3 Å². The van der Waals surface area contributed by atoms with Crippen LogP contribution in [0.5, 0.6) is 5.75 Å². The molecule has 0 spiro atoms. The summed E-state index contributed by atoms with van der Waals surface area (Å²) in [5.41, 5.74) is 3.84. The van der Waals surface area contributed by atoms with Gasteiger partial charge < -0.3 is 9.15 Å². The normalized spacial score (nSPS) is 11.6. The van der Waals surface area contributed by atoms with Gasteiger partial charge in [-0.25, -0.2) is 5.43 Å². The van der Waals surface area contributed by atoms with Crippen LogP contribution in [-0.4, -0.2) is 18.7 Å². The highest BCUT2D eigenvalue weighted by Crippen LogP contribution is 2.32. The molecule has 0 aliphatic rings. The van der Waals surface area contributed by atoms with Gasteiger partial charge in [0.15, 0.2) is 6.61 Å². The molecule has 8 heteroatoms. The van der Waals surface area contributed by atoms with Gasteiger partial charge in [0.25, 0.3) is 5.91 Å². The van der Waals surface area contributed by atoms with Crippen LogP contribution >= 0.6 is 0 Å². The zero-order valence-electron chi connectivity index (χ0n) is 16.3. The first kappa shape index (κ1) is 21.2. The number of rotatable bonds is 6. The maximum atomic E-state index is 12.8. The van der Waals surface area contributed by atoms with Gasteiger partial charge >= 0.3 is 6.18 Å². The molecule has 3 aromatic rings. The number of benzene rings is 2. The minimum Gasteiger partial charge on any atom is -0.483 e. The quantitative estimate of drug-likeness (QED) is 0.449. The van der Waals surface area contributed by atoms with E-state index in [1.807, 2.05) is 26.0 Å².